The van der Waals surface area contributed by atoms with Gasteiger partial charge in [-0.2, -0.15) is 0 Å². The molecule has 0 aliphatic carbocycles. The van der Waals surface area contributed by atoms with E-state index >= 15 is 0 Å². The standard InChI is InChI=1S/C10H13ClN6/c1-2-17-6-14-16-10(17)5-13-9-4-7(12)3-8(11)15-9/h3-4,6H,2,5H2,1H3,(H3,12,13,15). The van der Waals surface area contributed by atoms with Gasteiger partial charge in [0.05, 0.1) is 6.54 Å². The molecule has 0 amide bonds. The lowest BCUT2D eigenvalue weighted by atomic mass is 10.4. The largest absolute Gasteiger partial charge is 0.399 e. The average molecular weight is 253 g/mol. The first-order valence-corrected chi connectivity index (χ1v) is 5.60. The van der Waals surface area contributed by atoms with E-state index in [1.54, 1.807) is 18.5 Å². The summed E-state index contributed by atoms with van der Waals surface area (Å²) >= 11 is 5.81. The minimum atomic E-state index is 0.365. The molecular weight excluding hydrogens is 240 g/mol. The maximum atomic E-state index is 5.81. The van der Waals surface area contributed by atoms with Crippen LogP contribution in [0, 0.1) is 0 Å². The summed E-state index contributed by atoms with van der Waals surface area (Å²) < 4.78 is 1.95. The minimum absolute atomic E-state index is 0.365. The molecule has 0 bridgehead atoms. The van der Waals surface area contributed by atoms with Gasteiger partial charge in [-0.05, 0) is 13.0 Å². The van der Waals surface area contributed by atoms with E-state index in [9.17, 15) is 0 Å². The second-order valence-corrected chi connectivity index (χ2v) is 3.88. The molecule has 17 heavy (non-hydrogen) atoms. The zero-order valence-electron chi connectivity index (χ0n) is 9.39. The van der Waals surface area contributed by atoms with E-state index in [4.69, 9.17) is 17.3 Å². The Labute approximate surface area is 104 Å². The molecule has 0 unspecified atom stereocenters. The Balaban J connectivity index is 2.07. The number of halogens is 1. The Kier molecular flexibility index (Phi) is 3.43. The van der Waals surface area contributed by atoms with Crippen LogP contribution in [0.25, 0.3) is 0 Å². The van der Waals surface area contributed by atoms with Crippen molar-refractivity contribution in [1.82, 2.24) is 19.7 Å². The van der Waals surface area contributed by atoms with E-state index in [1.165, 1.54) is 0 Å². The van der Waals surface area contributed by atoms with Crippen molar-refractivity contribution >= 4 is 23.1 Å². The average Bonchev–Trinajstić information content (AvgIpc) is 2.72. The van der Waals surface area contributed by atoms with Crippen LogP contribution in [-0.4, -0.2) is 19.7 Å². The third kappa shape index (κ3) is 2.85. The number of pyridine rings is 1. The monoisotopic (exact) mass is 252 g/mol. The summed E-state index contributed by atoms with van der Waals surface area (Å²) in [4.78, 5) is 4.11. The Morgan fingerprint density at radius 1 is 1.47 bits per heavy atom. The number of nitrogen functional groups attached to an aromatic ring is 1. The smallest absolute Gasteiger partial charge is 0.152 e. The van der Waals surface area contributed by atoms with Crippen molar-refractivity contribution in [3.05, 3.63) is 29.4 Å². The van der Waals surface area contributed by atoms with Crippen LogP contribution in [0.3, 0.4) is 0 Å². The number of nitrogens with one attached hydrogen (secondary N) is 1. The molecule has 2 aromatic heterocycles. The Morgan fingerprint density at radius 3 is 3.00 bits per heavy atom. The lowest BCUT2D eigenvalue weighted by Crippen LogP contribution is -2.08. The number of hydrogen-bond donors (Lipinski definition) is 2. The zero-order chi connectivity index (χ0) is 12.3. The Bertz CT molecular complexity index is 489. The molecule has 0 radical (unpaired) electrons. The first-order valence-electron chi connectivity index (χ1n) is 5.22. The molecule has 6 nitrogen and oxygen atoms in total. The molecule has 0 aliphatic heterocycles. The first kappa shape index (κ1) is 11.7. The van der Waals surface area contributed by atoms with Crippen molar-refractivity contribution in [2.75, 3.05) is 11.1 Å². The van der Waals surface area contributed by atoms with E-state index in [0.717, 1.165) is 12.4 Å². The molecule has 0 saturated carbocycles. The third-order valence-corrected chi connectivity index (χ3v) is 2.47. The molecule has 90 valence electrons. The van der Waals surface area contributed by atoms with Gasteiger partial charge >= 0.3 is 0 Å². The summed E-state index contributed by atoms with van der Waals surface area (Å²) in [5.74, 6) is 1.47. The highest BCUT2D eigenvalue weighted by Crippen LogP contribution is 2.16. The maximum absolute atomic E-state index is 5.81. The molecule has 2 aromatic rings. The van der Waals surface area contributed by atoms with Gasteiger partial charge in [-0.25, -0.2) is 4.98 Å². The SMILES string of the molecule is CCn1cnnc1CNc1cc(N)cc(Cl)n1. The summed E-state index contributed by atoms with van der Waals surface area (Å²) in [7, 11) is 0. The minimum Gasteiger partial charge on any atom is -0.399 e. The van der Waals surface area contributed by atoms with Gasteiger partial charge in [0, 0.05) is 18.3 Å². The molecule has 7 heteroatoms. The fraction of sp³-hybridized carbons (Fsp3) is 0.300. The third-order valence-electron chi connectivity index (χ3n) is 2.28. The van der Waals surface area contributed by atoms with Gasteiger partial charge < -0.3 is 15.6 Å². The summed E-state index contributed by atoms with van der Waals surface area (Å²) in [5.41, 5.74) is 6.24. The van der Waals surface area contributed by atoms with E-state index in [2.05, 4.69) is 20.5 Å². The van der Waals surface area contributed by atoms with E-state index in [-0.39, 0.29) is 0 Å². The van der Waals surface area contributed by atoms with E-state index in [0.29, 0.717) is 23.2 Å². The molecular formula is C10H13ClN6. The quantitative estimate of drug-likeness (QED) is 0.807. The van der Waals surface area contributed by atoms with Gasteiger partial charge in [-0.3, -0.25) is 0 Å². The van der Waals surface area contributed by atoms with Crippen LogP contribution in [0.4, 0.5) is 11.5 Å². The maximum Gasteiger partial charge on any atom is 0.152 e. The van der Waals surface area contributed by atoms with Crippen LogP contribution in [0.2, 0.25) is 5.15 Å². The van der Waals surface area contributed by atoms with Crippen molar-refractivity contribution < 1.29 is 0 Å². The van der Waals surface area contributed by atoms with Crippen LogP contribution in [0.5, 0.6) is 0 Å². The fourth-order valence-corrected chi connectivity index (χ4v) is 1.67. The molecule has 3 N–H and O–H groups in total. The van der Waals surface area contributed by atoms with E-state index in [1.807, 2.05) is 11.5 Å². The normalized spacial score (nSPS) is 10.5. The molecule has 0 fully saturated rings. The van der Waals surface area contributed by atoms with Crippen LogP contribution in [0.15, 0.2) is 18.5 Å². The second kappa shape index (κ2) is 5.01. The Hall–Kier alpha value is -1.82. The predicted octanol–water partition coefficient (Wildman–Crippen LogP) is 1.54. The van der Waals surface area contributed by atoms with Gasteiger partial charge in [-0.15, -0.1) is 10.2 Å². The van der Waals surface area contributed by atoms with Gasteiger partial charge in [0.15, 0.2) is 5.82 Å². The van der Waals surface area contributed by atoms with Crippen LogP contribution >= 0.6 is 11.6 Å². The lowest BCUT2D eigenvalue weighted by molar-refractivity contribution is 0.707. The molecule has 0 atom stereocenters. The fourth-order valence-electron chi connectivity index (χ4n) is 1.46. The highest BCUT2D eigenvalue weighted by atomic mass is 35.5. The van der Waals surface area contributed by atoms with E-state index < -0.39 is 0 Å². The summed E-state index contributed by atoms with van der Waals surface area (Å²) in [6.45, 7) is 3.39. The molecule has 0 saturated heterocycles. The van der Waals surface area contributed by atoms with Crippen molar-refractivity contribution in [3.8, 4) is 0 Å². The van der Waals surface area contributed by atoms with Crippen molar-refractivity contribution in [2.24, 2.45) is 0 Å². The van der Waals surface area contributed by atoms with Crippen LogP contribution < -0.4 is 11.1 Å². The number of nitrogens with zero attached hydrogens (tertiary/aromatic N) is 4. The second-order valence-electron chi connectivity index (χ2n) is 3.50. The van der Waals surface area contributed by atoms with Gasteiger partial charge in [-0.1, -0.05) is 11.6 Å². The topological polar surface area (TPSA) is 81.7 Å². The highest BCUT2D eigenvalue weighted by molar-refractivity contribution is 6.29. The Morgan fingerprint density at radius 2 is 2.29 bits per heavy atom. The first-order chi connectivity index (χ1) is 8.19. The van der Waals surface area contributed by atoms with Gasteiger partial charge in [0.2, 0.25) is 0 Å². The van der Waals surface area contributed by atoms with Crippen LogP contribution in [0.1, 0.15) is 12.7 Å². The number of anilines is 2. The molecule has 2 rings (SSSR count). The summed E-state index contributed by atoms with van der Waals surface area (Å²) in [6, 6.07) is 3.32. The molecule has 0 aromatic carbocycles. The predicted molar refractivity (Wildman–Crippen MR) is 66.7 cm³/mol. The highest BCUT2D eigenvalue weighted by Gasteiger charge is 2.03. The lowest BCUT2D eigenvalue weighted by Gasteiger charge is -2.07. The van der Waals surface area contributed by atoms with Crippen LogP contribution in [-0.2, 0) is 13.1 Å². The molecule has 0 aliphatic rings. The van der Waals surface area contributed by atoms with Crippen molar-refractivity contribution in [2.45, 2.75) is 20.0 Å². The number of nitrogens with two attached hydrogens (primary N) is 1. The summed E-state index contributed by atoms with van der Waals surface area (Å²) in [5, 5.41) is 11.3. The van der Waals surface area contributed by atoms with Gasteiger partial charge in [0.1, 0.15) is 17.3 Å². The number of hydrogen-bond acceptors (Lipinski definition) is 5. The molecule has 2 heterocycles. The van der Waals surface area contributed by atoms with Crippen molar-refractivity contribution in [1.29, 1.82) is 0 Å². The number of rotatable bonds is 4. The van der Waals surface area contributed by atoms with Gasteiger partial charge in [0.25, 0.3) is 0 Å². The summed E-state index contributed by atoms with van der Waals surface area (Å²) in [6.07, 6.45) is 1.69. The zero-order valence-corrected chi connectivity index (χ0v) is 10.1. The number of aryl methyl sites for hydroxylation is 1. The molecule has 0 spiro atoms. The van der Waals surface area contributed by atoms with Crippen molar-refractivity contribution in [3.63, 3.8) is 0 Å². The number of aromatic nitrogens is 4.